The Balaban J connectivity index is 1.33. The van der Waals surface area contributed by atoms with E-state index in [-0.39, 0.29) is 7.25 Å². The van der Waals surface area contributed by atoms with E-state index < -0.39 is 21.5 Å². The van der Waals surface area contributed by atoms with Crippen LogP contribution < -0.4 is 0 Å². The molecule has 8 rings (SSSR count). The molecule has 4 aromatic rings. The fourth-order valence-corrected chi connectivity index (χ4v) is 54.0. The average molecular weight is 964 g/mol. The maximum atomic E-state index is 9.38. The van der Waals surface area contributed by atoms with Gasteiger partial charge in [0, 0.05) is 0 Å². The zero-order chi connectivity index (χ0) is 43.5. The summed E-state index contributed by atoms with van der Waals surface area (Å²) in [6, 6.07) is 34.8. The SMILES string of the molecule is CCC[SiH](C)[Zr]([Cl])([Cl])([CH]1C(CC2CCCCCC2)=Cc2c(-c3ccc(C(C)CC)cc3)cccc21)[CH]1C(CC2CCCCCC2)=Cc2c(-c3ccc(C(C)CC)cc3)cccc21. The second kappa shape index (κ2) is 20.3. The molecule has 0 spiro atoms. The molecule has 4 aliphatic rings. The van der Waals surface area contributed by atoms with Crippen LogP contribution >= 0.6 is 17.0 Å². The Kier molecular flexibility index (Phi) is 15.2. The van der Waals surface area contributed by atoms with Crippen molar-refractivity contribution < 1.29 is 15.6 Å². The van der Waals surface area contributed by atoms with Gasteiger partial charge in [0.1, 0.15) is 0 Å². The number of halogens is 2. The maximum absolute atomic E-state index is 9.38. The van der Waals surface area contributed by atoms with Crippen molar-refractivity contribution in [2.75, 3.05) is 0 Å². The van der Waals surface area contributed by atoms with Crippen LogP contribution in [0.4, 0.5) is 0 Å². The van der Waals surface area contributed by atoms with Crippen molar-refractivity contribution in [2.45, 2.75) is 175 Å². The third-order valence-electron chi connectivity index (χ3n) is 16.9. The number of rotatable bonds is 15. The molecule has 2 saturated carbocycles. The Hall–Kier alpha value is -1.96. The van der Waals surface area contributed by atoms with Crippen LogP contribution in [0.15, 0.2) is 96.1 Å². The van der Waals surface area contributed by atoms with E-state index in [0.717, 1.165) is 32.1 Å². The molecule has 0 amide bonds. The van der Waals surface area contributed by atoms with E-state index in [0.29, 0.717) is 23.7 Å². The van der Waals surface area contributed by atoms with Crippen LogP contribution in [0, 0.1) is 11.8 Å². The van der Waals surface area contributed by atoms with Gasteiger partial charge >= 0.3 is 390 Å². The van der Waals surface area contributed by atoms with Crippen molar-refractivity contribution in [1.82, 2.24) is 0 Å². The number of hydrogen-bond acceptors (Lipinski definition) is 0. The summed E-state index contributed by atoms with van der Waals surface area (Å²) in [6.45, 7) is 14.3. The van der Waals surface area contributed by atoms with E-state index in [2.05, 4.69) is 138 Å². The van der Waals surface area contributed by atoms with E-state index in [1.54, 1.807) is 11.1 Å². The molecule has 2 fully saturated rings. The van der Waals surface area contributed by atoms with Crippen molar-refractivity contribution in [2.24, 2.45) is 11.8 Å². The molecule has 62 heavy (non-hydrogen) atoms. The average Bonchev–Trinajstić information content (AvgIpc) is 3.60. The molecule has 0 radical (unpaired) electrons. The number of allylic oxidation sites excluding steroid dienone is 2. The van der Waals surface area contributed by atoms with Gasteiger partial charge in [0.15, 0.2) is 0 Å². The molecule has 331 valence electrons. The molecule has 0 aromatic heterocycles. The molecule has 5 atom stereocenters. The molecule has 0 bridgehead atoms. The summed E-state index contributed by atoms with van der Waals surface area (Å²) in [5.74, 6) is 0.792. The summed E-state index contributed by atoms with van der Waals surface area (Å²) >= 11 is -5.11. The van der Waals surface area contributed by atoms with Crippen LogP contribution in [0.25, 0.3) is 34.4 Å². The number of hydrogen-bond donors (Lipinski definition) is 0. The first-order valence-electron chi connectivity index (χ1n) is 25.5. The van der Waals surface area contributed by atoms with E-state index in [1.807, 2.05) is 0 Å². The van der Waals surface area contributed by atoms with Crippen molar-refractivity contribution in [3.8, 4) is 22.3 Å². The molecular weight excluding hydrogens is 887 g/mol. The van der Waals surface area contributed by atoms with Crippen molar-refractivity contribution in [1.29, 1.82) is 0 Å². The van der Waals surface area contributed by atoms with E-state index in [1.165, 1.54) is 139 Å². The minimum absolute atomic E-state index is 0.137. The van der Waals surface area contributed by atoms with Crippen molar-refractivity contribution >= 4 is 35.1 Å². The number of fused-ring (bicyclic) bond motifs is 2. The summed E-state index contributed by atoms with van der Waals surface area (Å²) in [5, 5.41) is 0. The van der Waals surface area contributed by atoms with Gasteiger partial charge in [-0.3, -0.25) is 0 Å². The van der Waals surface area contributed by atoms with Crippen LogP contribution in [0.3, 0.4) is 0 Å². The zero-order valence-electron chi connectivity index (χ0n) is 39.3. The molecule has 0 N–H and O–H groups in total. The van der Waals surface area contributed by atoms with Crippen LogP contribution in [-0.4, -0.2) is 5.92 Å². The zero-order valence-corrected chi connectivity index (χ0v) is 44.4. The van der Waals surface area contributed by atoms with Crippen LogP contribution in [0.1, 0.15) is 196 Å². The molecule has 4 heteroatoms. The van der Waals surface area contributed by atoms with Crippen molar-refractivity contribution in [3.05, 3.63) is 129 Å². The Morgan fingerprint density at radius 2 is 0.935 bits per heavy atom. The monoisotopic (exact) mass is 961 g/mol. The van der Waals surface area contributed by atoms with E-state index in [9.17, 15) is 17.0 Å². The second-order valence-corrected chi connectivity index (χ2v) is 62.2. The van der Waals surface area contributed by atoms with Gasteiger partial charge in [-0.2, -0.15) is 0 Å². The second-order valence-electron chi connectivity index (χ2n) is 20.8. The van der Waals surface area contributed by atoms with Gasteiger partial charge in [0.25, 0.3) is 0 Å². The minimum atomic E-state index is -5.11. The molecule has 0 heterocycles. The molecule has 4 aliphatic carbocycles. The quantitative estimate of drug-likeness (QED) is 0.0823. The first-order chi connectivity index (χ1) is 30.0. The topological polar surface area (TPSA) is 0 Å². The van der Waals surface area contributed by atoms with Gasteiger partial charge in [-0.25, -0.2) is 0 Å². The molecule has 0 saturated heterocycles. The third kappa shape index (κ3) is 9.23. The Morgan fingerprint density at radius 1 is 0.548 bits per heavy atom. The van der Waals surface area contributed by atoms with Crippen LogP contribution in [0.2, 0.25) is 12.6 Å². The van der Waals surface area contributed by atoms with Crippen LogP contribution in [0.5, 0.6) is 0 Å². The molecule has 5 unspecified atom stereocenters. The van der Waals surface area contributed by atoms with Gasteiger partial charge in [-0.05, 0) is 0 Å². The summed E-state index contributed by atoms with van der Waals surface area (Å²) in [4.78, 5) is 0. The Morgan fingerprint density at radius 3 is 1.29 bits per heavy atom. The standard InChI is InChI=1S/2C27H33.C4H11Si.2ClH.Zr/c2*1-3-20(2)23-13-15-24(16-14-23)26-12-8-11-25-18-22(19-27(25)26)17-21-9-6-4-5-7-10-21;1-3-4-5-2;;;/h2*8,11-16,18-21H,3-7,9-10,17H2,1-2H3;5H,3-4H2,1-2H3;2*1H;/q;;;;;+2/p-2. The van der Waals surface area contributed by atoms with Crippen LogP contribution in [-0.2, 0) is 15.6 Å². The molecule has 0 aliphatic heterocycles. The number of benzene rings is 4. The van der Waals surface area contributed by atoms with Crippen molar-refractivity contribution in [3.63, 3.8) is 0 Å². The Bertz CT molecular complexity index is 2050. The summed E-state index contributed by atoms with van der Waals surface area (Å²) in [6.07, 6.45) is 27.4. The first-order valence-corrected chi connectivity index (χ1v) is 41.5. The summed E-state index contributed by atoms with van der Waals surface area (Å²) in [5.41, 5.74) is 17.2. The van der Waals surface area contributed by atoms with Gasteiger partial charge in [-0.1, -0.05) is 0 Å². The van der Waals surface area contributed by atoms with E-state index in [4.69, 9.17) is 0 Å². The van der Waals surface area contributed by atoms with Gasteiger partial charge in [0.2, 0.25) is 0 Å². The normalized spacial score (nSPS) is 22.0. The van der Waals surface area contributed by atoms with Gasteiger partial charge in [0.05, 0.1) is 0 Å². The molecule has 4 aromatic carbocycles. The fourth-order valence-electron chi connectivity index (χ4n) is 12.8. The predicted molar refractivity (Wildman–Crippen MR) is 274 cm³/mol. The third-order valence-corrected chi connectivity index (χ3v) is 67.3. The Labute approximate surface area is 386 Å². The molecule has 0 nitrogen and oxygen atoms in total. The summed E-state index contributed by atoms with van der Waals surface area (Å²) in [7, 11) is 18.8. The van der Waals surface area contributed by atoms with E-state index >= 15 is 0 Å². The predicted octanol–water partition coefficient (Wildman–Crippen LogP) is 19.1. The van der Waals surface area contributed by atoms with Gasteiger partial charge in [-0.15, -0.1) is 0 Å². The fraction of sp³-hybridized carbons (Fsp3) is 0.517. The first kappa shape index (κ1) is 46.6. The molecular formula is C58H77Cl2SiZr. The summed E-state index contributed by atoms with van der Waals surface area (Å²) < 4.78 is 0.273. The van der Waals surface area contributed by atoms with Gasteiger partial charge < -0.3 is 0 Å².